The van der Waals surface area contributed by atoms with E-state index in [9.17, 15) is 0 Å². The van der Waals surface area contributed by atoms with E-state index < -0.39 is 0 Å². The molecule has 1 aromatic carbocycles. The predicted molar refractivity (Wildman–Crippen MR) is 88.0 cm³/mol. The molecule has 2 aromatic heterocycles. The van der Waals surface area contributed by atoms with Crippen LogP contribution in [0, 0.1) is 0 Å². The summed E-state index contributed by atoms with van der Waals surface area (Å²) in [6.45, 7) is 0. The van der Waals surface area contributed by atoms with Gasteiger partial charge in [0, 0.05) is 7.05 Å². The molecular weight excluding hydrogens is 278 g/mol. The van der Waals surface area contributed by atoms with Crippen molar-refractivity contribution in [3.05, 3.63) is 53.2 Å². The summed E-state index contributed by atoms with van der Waals surface area (Å²) in [6, 6.07) is 12.8. The fraction of sp³-hybridized carbons (Fsp3) is 0.294. The lowest BCUT2D eigenvalue weighted by molar-refractivity contribution is 0.286. The second kappa shape index (κ2) is 4.81. The van der Waals surface area contributed by atoms with E-state index in [1.807, 2.05) is 7.05 Å². The minimum atomic E-state index is 0.00500. The van der Waals surface area contributed by atoms with Gasteiger partial charge in [-0.15, -0.1) is 11.3 Å². The molecule has 0 spiro atoms. The SMILES string of the molecule is CNc1nc(C2(c3ccccc3)CCC2)nc2sccc12. The van der Waals surface area contributed by atoms with E-state index in [1.54, 1.807) is 11.3 Å². The molecule has 1 saturated carbocycles. The highest BCUT2D eigenvalue weighted by Crippen LogP contribution is 2.48. The highest BCUT2D eigenvalue weighted by atomic mass is 32.1. The quantitative estimate of drug-likeness (QED) is 0.787. The molecule has 0 bridgehead atoms. The molecule has 2 heterocycles. The van der Waals surface area contributed by atoms with Crippen molar-refractivity contribution in [1.29, 1.82) is 0 Å². The monoisotopic (exact) mass is 295 g/mol. The van der Waals surface area contributed by atoms with Gasteiger partial charge in [0.15, 0.2) is 0 Å². The molecule has 1 N–H and O–H groups in total. The Morgan fingerprint density at radius 1 is 1.10 bits per heavy atom. The molecule has 1 aliphatic rings. The maximum absolute atomic E-state index is 4.88. The van der Waals surface area contributed by atoms with Gasteiger partial charge in [-0.3, -0.25) is 0 Å². The van der Waals surface area contributed by atoms with Gasteiger partial charge in [-0.2, -0.15) is 0 Å². The summed E-state index contributed by atoms with van der Waals surface area (Å²) in [7, 11) is 1.93. The third kappa shape index (κ3) is 1.86. The summed E-state index contributed by atoms with van der Waals surface area (Å²) in [5, 5.41) is 6.43. The first-order valence-electron chi connectivity index (χ1n) is 7.32. The topological polar surface area (TPSA) is 37.8 Å². The van der Waals surface area contributed by atoms with E-state index in [-0.39, 0.29) is 5.41 Å². The first-order valence-corrected chi connectivity index (χ1v) is 8.20. The first kappa shape index (κ1) is 12.8. The number of nitrogens with zero attached hydrogens (tertiary/aromatic N) is 2. The molecule has 3 nitrogen and oxygen atoms in total. The average Bonchev–Trinajstić information content (AvgIpc) is 2.95. The summed E-state index contributed by atoms with van der Waals surface area (Å²) in [6.07, 6.45) is 3.52. The van der Waals surface area contributed by atoms with Crippen molar-refractivity contribution in [2.45, 2.75) is 24.7 Å². The number of benzene rings is 1. The fourth-order valence-corrected chi connectivity index (χ4v) is 3.95. The lowest BCUT2D eigenvalue weighted by Crippen LogP contribution is -2.37. The van der Waals surface area contributed by atoms with Gasteiger partial charge in [-0.05, 0) is 29.9 Å². The average molecular weight is 295 g/mol. The Kier molecular flexibility index (Phi) is 2.93. The Hall–Kier alpha value is -1.94. The standard InChI is InChI=1S/C17H17N3S/c1-18-14-13-8-11-21-15(13)20-16(19-14)17(9-5-10-17)12-6-3-2-4-7-12/h2-4,6-8,11H,5,9-10H2,1H3,(H,18,19,20). The summed E-state index contributed by atoms with van der Waals surface area (Å²) in [5.74, 6) is 1.91. The molecule has 21 heavy (non-hydrogen) atoms. The van der Waals surface area contributed by atoms with E-state index in [0.717, 1.165) is 34.7 Å². The van der Waals surface area contributed by atoms with Crippen LogP contribution >= 0.6 is 11.3 Å². The lowest BCUT2D eigenvalue weighted by Gasteiger charge is -2.41. The van der Waals surface area contributed by atoms with Crippen LogP contribution in [-0.4, -0.2) is 17.0 Å². The minimum absolute atomic E-state index is 0.00500. The largest absolute Gasteiger partial charge is 0.372 e. The maximum atomic E-state index is 4.88. The second-order valence-electron chi connectivity index (χ2n) is 5.59. The molecule has 0 unspecified atom stereocenters. The van der Waals surface area contributed by atoms with Crippen molar-refractivity contribution >= 4 is 27.4 Å². The van der Waals surface area contributed by atoms with Gasteiger partial charge >= 0.3 is 0 Å². The second-order valence-corrected chi connectivity index (χ2v) is 6.48. The summed E-state index contributed by atoms with van der Waals surface area (Å²) in [4.78, 5) is 10.8. The van der Waals surface area contributed by atoms with E-state index in [1.165, 1.54) is 12.0 Å². The molecule has 0 radical (unpaired) electrons. The van der Waals surface area contributed by atoms with Crippen LogP contribution in [0.15, 0.2) is 41.8 Å². The molecule has 106 valence electrons. The van der Waals surface area contributed by atoms with E-state index in [0.29, 0.717) is 0 Å². The zero-order chi connectivity index (χ0) is 14.3. The zero-order valence-corrected chi connectivity index (χ0v) is 12.8. The van der Waals surface area contributed by atoms with Gasteiger partial charge in [0.1, 0.15) is 16.5 Å². The Morgan fingerprint density at radius 3 is 2.57 bits per heavy atom. The first-order chi connectivity index (χ1) is 10.3. The number of rotatable bonds is 3. The number of thiophene rings is 1. The normalized spacial score (nSPS) is 16.6. The molecule has 0 aliphatic heterocycles. The smallest absolute Gasteiger partial charge is 0.142 e. The van der Waals surface area contributed by atoms with E-state index >= 15 is 0 Å². The van der Waals surface area contributed by atoms with Gasteiger partial charge in [0.05, 0.1) is 10.8 Å². The predicted octanol–water partition coefficient (Wildman–Crippen LogP) is 4.20. The Balaban J connectivity index is 1.92. The van der Waals surface area contributed by atoms with Crippen molar-refractivity contribution in [3.8, 4) is 0 Å². The Labute approximate surface area is 128 Å². The third-order valence-corrected chi connectivity index (χ3v) is 5.33. The number of hydrogen-bond acceptors (Lipinski definition) is 4. The number of nitrogens with one attached hydrogen (secondary N) is 1. The molecular formula is C17H17N3S. The highest BCUT2D eigenvalue weighted by molar-refractivity contribution is 7.16. The summed E-state index contributed by atoms with van der Waals surface area (Å²) < 4.78 is 0. The van der Waals surface area contributed by atoms with E-state index in [4.69, 9.17) is 9.97 Å². The summed E-state index contributed by atoms with van der Waals surface area (Å²) in [5.41, 5.74) is 1.35. The molecule has 3 aromatic rings. The Morgan fingerprint density at radius 2 is 1.90 bits per heavy atom. The van der Waals surface area contributed by atoms with Crippen LogP contribution in [0.25, 0.3) is 10.2 Å². The number of anilines is 1. The summed E-state index contributed by atoms with van der Waals surface area (Å²) >= 11 is 1.69. The van der Waals surface area contributed by atoms with Crippen molar-refractivity contribution in [3.63, 3.8) is 0 Å². The van der Waals surface area contributed by atoms with Crippen molar-refractivity contribution in [1.82, 2.24) is 9.97 Å². The van der Waals surface area contributed by atoms with Crippen LogP contribution in [0.3, 0.4) is 0 Å². The van der Waals surface area contributed by atoms with Gasteiger partial charge in [0.25, 0.3) is 0 Å². The maximum Gasteiger partial charge on any atom is 0.142 e. The van der Waals surface area contributed by atoms with E-state index in [2.05, 4.69) is 47.1 Å². The highest BCUT2D eigenvalue weighted by Gasteiger charge is 2.43. The number of fused-ring (bicyclic) bond motifs is 1. The molecule has 4 rings (SSSR count). The number of aromatic nitrogens is 2. The fourth-order valence-electron chi connectivity index (χ4n) is 3.19. The molecule has 4 heteroatoms. The zero-order valence-electron chi connectivity index (χ0n) is 12.0. The minimum Gasteiger partial charge on any atom is -0.372 e. The molecule has 1 aliphatic carbocycles. The van der Waals surface area contributed by atoms with Crippen LogP contribution < -0.4 is 5.32 Å². The number of hydrogen-bond donors (Lipinski definition) is 1. The molecule has 0 atom stereocenters. The lowest BCUT2D eigenvalue weighted by atomic mass is 9.64. The van der Waals surface area contributed by atoms with Crippen LogP contribution in [0.5, 0.6) is 0 Å². The van der Waals surface area contributed by atoms with Crippen molar-refractivity contribution < 1.29 is 0 Å². The van der Waals surface area contributed by atoms with Crippen LogP contribution in [-0.2, 0) is 5.41 Å². The molecule has 1 fully saturated rings. The van der Waals surface area contributed by atoms with Gasteiger partial charge < -0.3 is 5.32 Å². The van der Waals surface area contributed by atoms with Crippen LogP contribution in [0.4, 0.5) is 5.82 Å². The van der Waals surface area contributed by atoms with Crippen molar-refractivity contribution in [2.75, 3.05) is 12.4 Å². The molecule has 0 amide bonds. The Bertz CT molecular complexity index is 775. The van der Waals surface area contributed by atoms with Gasteiger partial charge in [0.2, 0.25) is 0 Å². The van der Waals surface area contributed by atoms with Crippen LogP contribution in [0.1, 0.15) is 30.7 Å². The van der Waals surface area contributed by atoms with Gasteiger partial charge in [-0.1, -0.05) is 36.8 Å². The molecule has 0 saturated heterocycles. The third-order valence-electron chi connectivity index (χ3n) is 4.52. The van der Waals surface area contributed by atoms with Gasteiger partial charge in [-0.25, -0.2) is 9.97 Å². The van der Waals surface area contributed by atoms with Crippen molar-refractivity contribution in [2.24, 2.45) is 0 Å². The van der Waals surface area contributed by atoms with Crippen LogP contribution in [0.2, 0.25) is 0 Å².